The second-order valence-electron chi connectivity index (χ2n) is 10.8. The topological polar surface area (TPSA) is 132 Å². The molecule has 3 rings (SSSR count). The molecule has 2 heterocycles. The van der Waals surface area contributed by atoms with Crippen molar-refractivity contribution in [1.82, 2.24) is 15.5 Å². The molecule has 2 unspecified atom stereocenters. The summed E-state index contributed by atoms with van der Waals surface area (Å²) in [7, 11) is 0.652. The van der Waals surface area contributed by atoms with Crippen LogP contribution < -0.4 is 21.8 Å². The fraction of sp³-hybridized carbons (Fsp3) is 0.640. The van der Waals surface area contributed by atoms with Gasteiger partial charge >= 0.3 is 13.2 Å². The van der Waals surface area contributed by atoms with E-state index in [0.29, 0.717) is 23.3 Å². The van der Waals surface area contributed by atoms with E-state index in [2.05, 4.69) is 15.4 Å². The molecule has 0 bridgehead atoms. The zero-order valence-electron chi connectivity index (χ0n) is 22.3. The number of rotatable bonds is 7. The smallest absolute Gasteiger partial charge is 0.453 e. The van der Waals surface area contributed by atoms with Crippen LogP contribution in [0.4, 0.5) is 10.5 Å². The molecule has 1 aromatic carbocycles. The number of amides is 3. The van der Waals surface area contributed by atoms with Crippen molar-refractivity contribution in [2.24, 2.45) is 5.92 Å². The second-order valence-corrected chi connectivity index (χ2v) is 10.8. The predicted molar refractivity (Wildman–Crippen MR) is 138 cm³/mol. The Labute approximate surface area is 213 Å². The molecule has 1 aromatic rings. The van der Waals surface area contributed by atoms with Crippen LogP contribution in [0.1, 0.15) is 64.7 Å². The van der Waals surface area contributed by atoms with Crippen LogP contribution in [0, 0.1) is 5.92 Å². The van der Waals surface area contributed by atoms with E-state index in [0.717, 1.165) is 12.8 Å². The first-order valence-electron chi connectivity index (χ1n) is 12.5. The van der Waals surface area contributed by atoms with E-state index >= 15 is 0 Å². The molecule has 0 radical (unpaired) electrons. The quantitative estimate of drug-likeness (QED) is 0.382. The highest BCUT2D eigenvalue weighted by Crippen LogP contribution is 2.36. The molecule has 2 fully saturated rings. The third-order valence-electron chi connectivity index (χ3n) is 7.40. The Morgan fingerprint density at radius 2 is 1.83 bits per heavy atom. The molecule has 0 aliphatic carbocycles. The summed E-state index contributed by atoms with van der Waals surface area (Å²) in [5, 5.41) is 5.56. The number of methoxy groups -OCH3 is 1. The molecule has 0 spiro atoms. The number of nitrogens with one attached hydrogen (secondary N) is 2. The predicted octanol–water partition coefficient (Wildman–Crippen LogP) is 1.67. The molecule has 2 aliphatic heterocycles. The summed E-state index contributed by atoms with van der Waals surface area (Å²) in [5.41, 5.74) is 6.50. The summed E-state index contributed by atoms with van der Waals surface area (Å²) in [6.07, 6.45) is 0.913. The monoisotopic (exact) mass is 502 g/mol. The number of hydrogen-bond donors (Lipinski definition) is 3. The van der Waals surface area contributed by atoms with E-state index in [1.807, 2.05) is 41.5 Å². The molecular formula is C25H39BN4O6. The van der Waals surface area contributed by atoms with Gasteiger partial charge in [0.15, 0.2) is 0 Å². The van der Waals surface area contributed by atoms with E-state index in [4.69, 9.17) is 15.0 Å². The summed E-state index contributed by atoms with van der Waals surface area (Å²) in [6, 6.07) is 4.27. The molecule has 0 saturated carbocycles. The van der Waals surface area contributed by atoms with Crippen LogP contribution in [0.15, 0.2) is 18.2 Å². The van der Waals surface area contributed by atoms with Crippen molar-refractivity contribution >= 4 is 36.2 Å². The van der Waals surface area contributed by atoms with E-state index in [1.165, 1.54) is 7.11 Å². The van der Waals surface area contributed by atoms with Gasteiger partial charge in [0.1, 0.15) is 6.04 Å². The molecule has 11 heteroatoms. The lowest BCUT2D eigenvalue weighted by atomic mass is 9.78. The van der Waals surface area contributed by atoms with E-state index in [-0.39, 0.29) is 30.3 Å². The average molecular weight is 502 g/mol. The van der Waals surface area contributed by atoms with Crippen LogP contribution in [0.2, 0.25) is 0 Å². The van der Waals surface area contributed by atoms with Gasteiger partial charge in [-0.05, 0) is 64.1 Å². The van der Waals surface area contributed by atoms with Crippen molar-refractivity contribution in [1.29, 1.82) is 0 Å². The van der Waals surface area contributed by atoms with Crippen molar-refractivity contribution in [3.8, 4) is 0 Å². The summed E-state index contributed by atoms with van der Waals surface area (Å²) in [4.78, 5) is 39.8. The number of benzene rings is 1. The van der Waals surface area contributed by atoms with Crippen LogP contribution in [0.25, 0.3) is 0 Å². The molecular weight excluding hydrogens is 463 g/mol. The third-order valence-corrected chi connectivity index (χ3v) is 7.40. The average Bonchev–Trinajstić information content (AvgIpc) is 3.36. The highest BCUT2D eigenvalue weighted by atomic mass is 16.7. The van der Waals surface area contributed by atoms with Gasteiger partial charge in [-0.3, -0.25) is 9.59 Å². The summed E-state index contributed by atoms with van der Waals surface area (Å²) in [5.74, 6) is -0.641. The summed E-state index contributed by atoms with van der Waals surface area (Å²) < 4.78 is 16.9. The molecule has 10 nitrogen and oxygen atoms in total. The Kier molecular flexibility index (Phi) is 8.25. The van der Waals surface area contributed by atoms with Gasteiger partial charge < -0.3 is 35.3 Å². The molecule has 198 valence electrons. The molecule has 36 heavy (non-hydrogen) atoms. The highest BCUT2D eigenvalue weighted by Gasteiger charge is 2.51. The number of likely N-dealkylation sites (tertiary alicyclic amines) is 1. The van der Waals surface area contributed by atoms with Gasteiger partial charge in [-0.1, -0.05) is 19.9 Å². The van der Waals surface area contributed by atoms with E-state index in [9.17, 15) is 14.4 Å². The Bertz CT molecular complexity index is 983. The summed E-state index contributed by atoms with van der Waals surface area (Å²) >= 11 is 0. The van der Waals surface area contributed by atoms with Crippen molar-refractivity contribution in [3.63, 3.8) is 0 Å². The highest BCUT2D eigenvalue weighted by molar-refractivity contribution is 6.62. The number of alkyl carbamates (subject to hydrolysis) is 1. The Hall–Kier alpha value is -2.79. The first-order chi connectivity index (χ1) is 16.8. The van der Waals surface area contributed by atoms with Gasteiger partial charge in [0.05, 0.1) is 23.9 Å². The maximum atomic E-state index is 13.2. The first kappa shape index (κ1) is 27.8. The Morgan fingerprint density at radius 3 is 2.42 bits per heavy atom. The fourth-order valence-electron chi connectivity index (χ4n) is 4.42. The molecule has 2 aliphatic rings. The zero-order valence-corrected chi connectivity index (χ0v) is 22.3. The number of carbonyl (C=O) groups excluding carboxylic acids is 3. The van der Waals surface area contributed by atoms with Crippen molar-refractivity contribution < 1.29 is 28.4 Å². The maximum absolute atomic E-state index is 13.2. The van der Waals surface area contributed by atoms with Gasteiger partial charge in [-0.15, -0.1) is 0 Å². The van der Waals surface area contributed by atoms with Crippen LogP contribution in [-0.4, -0.2) is 73.4 Å². The number of hydrogen-bond acceptors (Lipinski definition) is 7. The molecule has 4 N–H and O–H groups in total. The molecule has 0 aromatic heterocycles. The van der Waals surface area contributed by atoms with E-state index in [1.54, 1.807) is 23.1 Å². The molecule has 2 atom stereocenters. The lowest BCUT2D eigenvalue weighted by Gasteiger charge is -2.32. The number of nitrogens with zero attached hydrogens (tertiary/aromatic N) is 1. The van der Waals surface area contributed by atoms with Crippen LogP contribution in [-0.2, 0) is 18.8 Å². The Balaban J connectivity index is 1.68. The van der Waals surface area contributed by atoms with Crippen molar-refractivity contribution in [2.45, 2.75) is 77.7 Å². The number of nitrogen functional groups attached to an aromatic ring is 1. The fourth-order valence-corrected chi connectivity index (χ4v) is 4.42. The Morgan fingerprint density at radius 1 is 1.19 bits per heavy atom. The van der Waals surface area contributed by atoms with Crippen molar-refractivity contribution in [2.75, 3.05) is 25.9 Å². The second kappa shape index (κ2) is 10.7. The first-order valence-corrected chi connectivity index (χ1v) is 12.5. The normalized spacial score (nSPS) is 21.4. The SMILES string of the molecule is COC(=O)NC(C(=O)N1CCCC1CNC(=O)c1cc(B2OC(C)(C)C(C)(C)O2)ccc1N)C(C)C. The minimum Gasteiger partial charge on any atom is -0.453 e. The van der Waals surface area contributed by atoms with Gasteiger partial charge in [0.2, 0.25) is 5.91 Å². The van der Waals surface area contributed by atoms with Crippen LogP contribution >= 0.6 is 0 Å². The zero-order chi connectivity index (χ0) is 26.8. The summed E-state index contributed by atoms with van der Waals surface area (Å²) in [6.45, 7) is 12.4. The van der Waals surface area contributed by atoms with Gasteiger partial charge in [0, 0.05) is 24.8 Å². The van der Waals surface area contributed by atoms with Gasteiger partial charge in [0.25, 0.3) is 5.91 Å². The largest absolute Gasteiger partial charge is 0.494 e. The molecule has 2 saturated heterocycles. The third kappa shape index (κ3) is 5.78. The standard InChI is InChI=1S/C25H39BN4O6/c1-15(2)20(29-23(33)34-7)22(32)30-12-8-9-17(30)14-28-21(31)18-13-16(10-11-19(18)27)26-35-24(3,4)25(5,6)36-26/h10-11,13,15,17,20H,8-9,12,14,27H2,1-7H3,(H,28,31)(H,29,33). The lowest BCUT2D eigenvalue weighted by Crippen LogP contribution is -2.54. The minimum atomic E-state index is -0.707. The van der Waals surface area contributed by atoms with Crippen LogP contribution in [0.5, 0.6) is 0 Å². The van der Waals surface area contributed by atoms with Gasteiger partial charge in [-0.2, -0.15) is 0 Å². The number of anilines is 1. The number of carbonyl (C=O) groups is 3. The number of ether oxygens (including phenoxy) is 1. The van der Waals surface area contributed by atoms with Crippen molar-refractivity contribution in [3.05, 3.63) is 23.8 Å². The van der Waals surface area contributed by atoms with E-state index < -0.39 is 30.5 Å². The van der Waals surface area contributed by atoms with Gasteiger partial charge in [-0.25, -0.2) is 4.79 Å². The number of nitrogens with two attached hydrogens (primary N) is 1. The maximum Gasteiger partial charge on any atom is 0.494 e. The molecule has 3 amide bonds. The minimum absolute atomic E-state index is 0.120. The van der Waals surface area contributed by atoms with Crippen LogP contribution in [0.3, 0.4) is 0 Å². The lowest BCUT2D eigenvalue weighted by molar-refractivity contribution is -0.135.